The fraction of sp³-hybridized carbons (Fsp3) is 0.273. The summed E-state index contributed by atoms with van der Waals surface area (Å²) in [5.41, 5.74) is 4.59. The third-order valence-corrected chi connectivity index (χ3v) is 6.30. The van der Waals surface area contributed by atoms with Crippen molar-refractivity contribution in [1.29, 1.82) is 5.26 Å². The first-order chi connectivity index (χ1) is 14.2. The fourth-order valence-corrected chi connectivity index (χ4v) is 4.63. The summed E-state index contributed by atoms with van der Waals surface area (Å²) < 4.78 is 5.57. The van der Waals surface area contributed by atoms with Gasteiger partial charge in [0.1, 0.15) is 0 Å². The number of hydrogen-bond donors (Lipinski definition) is 0. The van der Waals surface area contributed by atoms with Gasteiger partial charge in [-0.3, -0.25) is 4.98 Å². The minimum Gasteiger partial charge on any atom is -0.379 e. The molecule has 1 saturated heterocycles. The largest absolute Gasteiger partial charge is 0.379 e. The molecule has 0 radical (unpaired) electrons. The first-order valence-corrected chi connectivity index (χ1v) is 10.5. The Hall–Kier alpha value is -2.95. The maximum atomic E-state index is 9.10. The van der Waals surface area contributed by atoms with E-state index >= 15 is 0 Å². The van der Waals surface area contributed by atoms with Gasteiger partial charge in [0, 0.05) is 41.3 Å². The van der Waals surface area contributed by atoms with E-state index in [2.05, 4.69) is 51.0 Å². The predicted octanol–water partition coefficient (Wildman–Crippen LogP) is 3.94. The Balaban J connectivity index is 1.50. The summed E-state index contributed by atoms with van der Waals surface area (Å²) in [7, 11) is 0. The van der Waals surface area contributed by atoms with E-state index in [1.54, 1.807) is 30.7 Å². The van der Waals surface area contributed by atoms with Crippen LogP contribution in [0.3, 0.4) is 0 Å². The minimum absolute atomic E-state index is 0.0372. The van der Waals surface area contributed by atoms with Crippen molar-refractivity contribution < 1.29 is 4.74 Å². The number of thioether (sulfide) groups is 1. The molecule has 0 saturated carbocycles. The SMILES string of the molecule is CCSc1ccc2c(c1)N(c1ncc(-c3cc(C#N)ccn3)cn1)CC21COC1. The molecule has 5 rings (SSSR count). The molecule has 144 valence electrons. The lowest BCUT2D eigenvalue weighted by atomic mass is 9.81. The summed E-state index contributed by atoms with van der Waals surface area (Å²) >= 11 is 1.83. The second-order valence-electron chi connectivity index (χ2n) is 7.28. The van der Waals surface area contributed by atoms with E-state index in [0.29, 0.717) is 17.2 Å². The highest BCUT2D eigenvalue weighted by molar-refractivity contribution is 7.99. The maximum Gasteiger partial charge on any atom is 0.229 e. The number of rotatable bonds is 4. The molecule has 29 heavy (non-hydrogen) atoms. The first kappa shape index (κ1) is 18.1. The normalized spacial score (nSPS) is 16.3. The summed E-state index contributed by atoms with van der Waals surface area (Å²) in [6.07, 6.45) is 5.18. The van der Waals surface area contributed by atoms with Crippen LogP contribution in [-0.4, -0.2) is 40.5 Å². The van der Waals surface area contributed by atoms with Gasteiger partial charge in [-0.25, -0.2) is 9.97 Å². The van der Waals surface area contributed by atoms with Gasteiger partial charge in [0.05, 0.1) is 36.0 Å². The average Bonchev–Trinajstić information content (AvgIpc) is 3.09. The van der Waals surface area contributed by atoms with E-state index in [9.17, 15) is 0 Å². The Morgan fingerprint density at radius 3 is 2.69 bits per heavy atom. The van der Waals surface area contributed by atoms with Crippen LogP contribution in [0.1, 0.15) is 18.1 Å². The molecule has 0 aliphatic carbocycles. The zero-order valence-corrected chi connectivity index (χ0v) is 16.8. The van der Waals surface area contributed by atoms with Crippen molar-refractivity contribution in [3.05, 3.63) is 60.0 Å². The van der Waals surface area contributed by atoms with E-state index in [4.69, 9.17) is 10.00 Å². The number of hydrogen-bond acceptors (Lipinski definition) is 7. The molecule has 3 aromatic rings. The Morgan fingerprint density at radius 2 is 2.00 bits per heavy atom. The molecule has 0 bridgehead atoms. The number of fused-ring (bicyclic) bond motifs is 2. The molecule has 0 unspecified atom stereocenters. The molecular formula is C22H19N5OS. The molecule has 1 fully saturated rings. The van der Waals surface area contributed by atoms with Crippen molar-refractivity contribution in [2.45, 2.75) is 17.2 Å². The number of nitrogens with zero attached hydrogens (tertiary/aromatic N) is 5. The third-order valence-electron chi connectivity index (χ3n) is 5.42. The zero-order chi connectivity index (χ0) is 19.8. The second kappa shape index (κ2) is 7.14. The number of aromatic nitrogens is 3. The lowest BCUT2D eigenvalue weighted by Crippen LogP contribution is -2.49. The van der Waals surface area contributed by atoms with Crippen LogP contribution in [0.5, 0.6) is 0 Å². The Kier molecular flexibility index (Phi) is 4.46. The second-order valence-corrected chi connectivity index (χ2v) is 8.62. The van der Waals surface area contributed by atoms with Gasteiger partial charge < -0.3 is 9.64 Å². The topological polar surface area (TPSA) is 74.9 Å². The average molecular weight is 401 g/mol. The van der Waals surface area contributed by atoms with E-state index in [-0.39, 0.29) is 5.41 Å². The zero-order valence-electron chi connectivity index (χ0n) is 16.0. The van der Waals surface area contributed by atoms with Crippen molar-refractivity contribution in [1.82, 2.24) is 15.0 Å². The Morgan fingerprint density at radius 1 is 1.17 bits per heavy atom. The number of ether oxygens (including phenoxy) is 1. The summed E-state index contributed by atoms with van der Waals surface area (Å²) in [6, 6.07) is 12.3. The molecule has 1 spiro atoms. The molecule has 2 aliphatic rings. The molecule has 1 aromatic carbocycles. The van der Waals surface area contributed by atoms with Crippen LogP contribution in [0, 0.1) is 11.3 Å². The van der Waals surface area contributed by atoms with Gasteiger partial charge in [0.25, 0.3) is 0 Å². The standard InChI is InChI=1S/C22H19N5OS/c1-2-29-17-3-4-18-20(8-17)27(12-22(18)13-28-14-22)21-25-10-16(11-26-21)19-7-15(9-23)5-6-24-19/h3-8,10-11H,2,12-14H2,1H3. The van der Waals surface area contributed by atoms with Crippen LogP contribution >= 0.6 is 11.8 Å². The van der Waals surface area contributed by atoms with Crippen LogP contribution < -0.4 is 4.90 Å². The number of anilines is 2. The van der Waals surface area contributed by atoms with Gasteiger partial charge in [0.2, 0.25) is 5.95 Å². The van der Waals surface area contributed by atoms with Crippen molar-refractivity contribution in [3.63, 3.8) is 0 Å². The first-order valence-electron chi connectivity index (χ1n) is 9.54. The highest BCUT2D eigenvalue weighted by Gasteiger charge is 2.49. The van der Waals surface area contributed by atoms with Crippen LogP contribution in [0.15, 0.2) is 53.8 Å². The van der Waals surface area contributed by atoms with Gasteiger partial charge in [-0.05, 0) is 35.6 Å². The van der Waals surface area contributed by atoms with E-state index in [0.717, 1.165) is 31.1 Å². The Labute approximate surface area is 173 Å². The van der Waals surface area contributed by atoms with Crippen LogP contribution in [0.25, 0.3) is 11.3 Å². The van der Waals surface area contributed by atoms with E-state index in [1.165, 1.54) is 16.1 Å². The predicted molar refractivity (Wildman–Crippen MR) is 112 cm³/mol. The number of pyridine rings is 1. The third kappa shape index (κ3) is 3.05. The smallest absolute Gasteiger partial charge is 0.229 e. The summed E-state index contributed by atoms with van der Waals surface area (Å²) in [5.74, 6) is 1.71. The molecule has 6 nitrogen and oxygen atoms in total. The molecule has 0 atom stereocenters. The van der Waals surface area contributed by atoms with Crippen molar-refractivity contribution in [3.8, 4) is 17.3 Å². The quantitative estimate of drug-likeness (QED) is 0.613. The molecule has 0 N–H and O–H groups in total. The highest BCUT2D eigenvalue weighted by atomic mass is 32.2. The summed E-state index contributed by atoms with van der Waals surface area (Å²) in [4.78, 5) is 17.1. The monoisotopic (exact) mass is 401 g/mol. The van der Waals surface area contributed by atoms with Crippen molar-refractivity contribution in [2.24, 2.45) is 0 Å². The molecule has 2 aliphatic heterocycles. The summed E-state index contributed by atoms with van der Waals surface area (Å²) in [6.45, 7) is 4.46. The van der Waals surface area contributed by atoms with Gasteiger partial charge in [0.15, 0.2) is 0 Å². The summed E-state index contributed by atoms with van der Waals surface area (Å²) in [5, 5.41) is 9.10. The van der Waals surface area contributed by atoms with Crippen LogP contribution in [-0.2, 0) is 10.2 Å². The van der Waals surface area contributed by atoms with E-state index in [1.807, 2.05) is 11.8 Å². The number of benzene rings is 1. The lowest BCUT2D eigenvalue weighted by molar-refractivity contribution is -0.0507. The van der Waals surface area contributed by atoms with Gasteiger partial charge >= 0.3 is 0 Å². The van der Waals surface area contributed by atoms with Gasteiger partial charge in [-0.2, -0.15) is 5.26 Å². The van der Waals surface area contributed by atoms with Crippen LogP contribution in [0.4, 0.5) is 11.6 Å². The molecular weight excluding hydrogens is 382 g/mol. The minimum atomic E-state index is 0.0372. The molecule has 0 amide bonds. The number of nitriles is 1. The van der Waals surface area contributed by atoms with Gasteiger partial charge in [-0.1, -0.05) is 13.0 Å². The molecule has 7 heteroatoms. The van der Waals surface area contributed by atoms with E-state index < -0.39 is 0 Å². The molecule has 2 aromatic heterocycles. The van der Waals surface area contributed by atoms with Gasteiger partial charge in [-0.15, -0.1) is 11.8 Å². The highest BCUT2D eigenvalue weighted by Crippen LogP contribution is 2.48. The fourth-order valence-electron chi connectivity index (χ4n) is 3.94. The maximum absolute atomic E-state index is 9.10. The molecule has 4 heterocycles. The lowest BCUT2D eigenvalue weighted by Gasteiger charge is -2.38. The Bertz CT molecular complexity index is 1100. The van der Waals surface area contributed by atoms with Crippen molar-refractivity contribution in [2.75, 3.05) is 30.4 Å². The van der Waals surface area contributed by atoms with Crippen molar-refractivity contribution >= 4 is 23.4 Å². The van der Waals surface area contributed by atoms with Crippen LogP contribution in [0.2, 0.25) is 0 Å².